The van der Waals surface area contributed by atoms with E-state index in [1.165, 1.54) is 0 Å². The first-order valence-corrected chi connectivity index (χ1v) is 5.94. The summed E-state index contributed by atoms with van der Waals surface area (Å²) in [4.78, 5) is 0. The van der Waals surface area contributed by atoms with Crippen molar-refractivity contribution in [2.24, 2.45) is 0 Å². The third kappa shape index (κ3) is 3.79. The van der Waals surface area contributed by atoms with Crippen LogP contribution in [-0.2, 0) is 17.6 Å². The molecular weight excluding hydrogens is 216 g/mol. The molecule has 0 saturated carbocycles. The van der Waals surface area contributed by atoms with Gasteiger partial charge in [-0.15, -0.1) is 0 Å². The van der Waals surface area contributed by atoms with E-state index in [9.17, 15) is 0 Å². The highest BCUT2D eigenvalue weighted by Crippen LogP contribution is 2.12. The molecule has 3 heteroatoms. The monoisotopic (exact) mass is 234 g/mol. The van der Waals surface area contributed by atoms with Crippen LogP contribution in [0.1, 0.15) is 25.4 Å². The second-order valence-corrected chi connectivity index (χ2v) is 4.32. The van der Waals surface area contributed by atoms with E-state index in [1.54, 1.807) is 12.5 Å². The smallest absolute Gasteiger partial charge is 0.106 e. The predicted molar refractivity (Wildman–Crippen MR) is 64.8 cm³/mol. The van der Waals surface area contributed by atoms with Gasteiger partial charge in [-0.25, -0.2) is 0 Å². The highest BCUT2D eigenvalue weighted by Gasteiger charge is 2.12. The molecule has 0 N–H and O–H groups in total. The van der Waals surface area contributed by atoms with Crippen molar-refractivity contribution in [1.82, 2.24) is 0 Å². The van der Waals surface area contributed by atoms with Gasteiger partial charge in [0.25, 0.3) is 0 Å². The summed E-state index contributed by atoms with van der Waals surface area (Å²) >= 11 is 0. The lowest BCUT2D eigenvalue weighted by molar-refractivity contribution is 0.00473. The van der Waals surface area contributed by atoms with E-state index < -0.39 is 0 Å². The van der Waals surface area contributed by atoms with Gasteiger partial charge < -0.3 is 13.6 Å². The zero-order valence-electron chi connectivity index (χ0n) is 10.3. The molecule has 2 rings (SSSR count). The molecule has 92 valence electrons. The second-order valence-electron chi connectivity index (χ2n) is 4.32. The minimum absolute atomic E-state index is 0.145. The quantitative estimate of drug-likeness (QED) is 0.768. The molecule has 0 saturated heterocycles. The SMILES string of the molecule is CC(Cc1ccco1)OC(C)Cc1ccco1. The third-order valence-corrected chi connectivity index (χ3v) is 2.60. The molecule has 3 nitrogen and oxygen atoms in total. The maximum atomic E-state index is 5.88. The second kappa shape index (κ2) is 5.73. The van der Waals surface area contributed by atoms with E-state index in [0.29, 0.717) is 0 Å². The Morgan fingerprint density at radius 2 is 1.41 bits per heavy atom. The van der Waals surface area contributed by atoms with Crippen molar-refractivity contribution in [3.05, 3.63) is 48.3 Å². The summed E-state index contributed by atoms with van der Waals surface area (Å²) in [6, 6.07) is 7.73. The van der Waals surface area contributed by atoms with E-state index in [0.717, 1.165) is 24.4 Å². The minimum Gasteiger partial charge on any atom is -0.469 e. The van der Waals surface area contributed by atoms with Crippen molar-refractivity contribution in [3.8, 4) is 0 Å². The maximum Gasteiger partial charge on any atom is 0.106 e. The van der Waals surface area contributed by atoms with Crippen LogP contribution in [0.4, 0.5) is 0 Å². The van der Waals surface area contributed by atoms with E-state index in [4.69, 9.17) is 13.6 Å². The summed E-state index contributed by atoms with van der Waals surface area (Å²) in [5, 5.41) is 0. The van der Waals surface area contributed by atoms with Gasteiger partial charge >= 0.3 is 0 Å². The molecule has 2 aromatic heterocycles. The van der Waals surface area contributed by atoms with Crippen LogP contribution in [0.15, 0.2) is 45.6 Å². The lowest BCUT2D eigenvalue weighted by Crippen LogP contribution is -2.20. The van der Waals surface area contributed by atoms with Crippen LogP contribution < -0.4 is 0 Å². The highest BCUT2D eigenvalue weighted by molar-refractivity contribution is 5.00. The highest BCUT2D eigenvalue weighted by atomic mass is 16.5. The Hall–Kier alpha value is -1.48. The van der Waals surface area contributed by atoms with E-state index in [1.807, 2.05) is 24.3 Å². The molecule has 0 fully saturated rings. The van der Waals surface area contributed by atoms with Gasteiger partial charge in [-0.3, -0.25) is 0 Å². The topological polar surface area (TPSA) is 35.5 Å². The summed E-state index contributed by atoms with van der Waals surface area (Å²) in [7, 11) is 0. The molecule has 0 aliphatic heterocycles. The van der Waals surface area contributed by atoms with E-state index in [-0.39, 0.29) is 12.2 Å². The molecule has 0 bridgehead atoms. The van der Waals surface area contributed by atoms with Crippen molar-refractivity contribution in [2.45, 2.75) is 38.9 Å². The Bertz CT molecular complexity index is 362. The molecule has 0 aliphatic rings. The van der Waals surface area contributed by atoms with Gasteiger partial charge in [0.2, 0.25) is 0 Å². The first-order valence-electron chi connectivity index (χ1n) is 5.94. The molecule has 0 radical (unpaired) electrons. The Morgan fingerprint density at radius 3 is 1.76 bits per heavy atom. The van der Waals surface area contributed by atoms with Crippen molar-refractivity contribution in [2.75, 3.05) is 0 Å². The van der Waals surface area contributed by atoms with Gasteiger partial charge in [0, 0.05) is 12.8 Å². The number of hydrogen-bond acceptors (Lipinski definition) is 3. The van der Waals surface area contributed by atoms with Gasteiger partial charge in [-0.1, -0.05) is 0 Å². The lowest BCUT2D eigenvalue weighted by Gasteiger charge is -2.17. The summed E-state index contributed by atoms with van der Waals surface area (Å²) in [6.45, 7) is 4.11. The first kappa shape index (κ1) is 12.0. The van der Waals surface area contributed by atoms with E-state index >= 15 is 0 Å². The van der Waals surface area contributed by atoms with Gasteiger partial charge in [0.15, 0.2) is 0 Å². The average Bonchev–Trinajstić information content (AvgIpc) is 2.90. The predicted octanol–water partition coefficient (Wildman–Crippen LogP) is 3.45. The molecule has 17 heavy (non-hydrogen) atoms. The lowest BCUT2D eigenvalue weighted by atomic mass is 10.2. The van der Waals surface area contributed by atoms with Crippen LogP contribution in [-0.4, -0.2) is 12.2 Å². The number of rotatable bonds is 6. The molecule has 0 amide bonds. The van der Waals surface area contributed by atoms with E-state index in [2.05, 4.69) is 13.8 Å². The summed E-state index contributed by atoms with van der Waals surface area (Å²) in [5.74, 6) is 1.92. The van der Waals surface area contributed by atoms with Crippen molar-refractivity contribution in [1.29, 1.82) is 0 Å². The van der Waals surface area contributed by atoms with Gasteiger partial charge in [-0.05, 0) is 38.1 Å². The first-order chi connectivity index (χ1) is 8.24. The number of hydrogen-bond donors (Lipinski definition) is 0. The van der Waals surface area contributed by atoms with Crippen molar-refractivity contribution in [3.63, 3.8) is 0 Å². The zero-order valence-corrected chi connectivity index (χ0v) is 10.3. The number of ether oxygens (including phenoxy) is 1. The van der Waals surface area contributed by atoms with Crippen molar-refractivity contribution >= 4 is 0 Å². The fourth-order valence-electron chi connectivity index (χ4n) is 1.92. The molecular formula is C14H18O3. The van der Waals surface area contributed by atoms with Crippen LogP contribution in [0.5, 0.6) is 0 Å². The van der Waals surface area contributed by atoms with Crippen LogP contribution in [0.2, 0.25) is 0 Å². The summed E-state index contributed by atoms with van der Waals surface area (Å²) < 4.78 is 16.5. The van der Waals surface area contributed by atoms with Crippen LogP contribution in [0.25, 0.3) is 0 Å². The fraction of sp³-hybridized carbons (Fsp3) is 0.429. The van der Waals surface area contributed by atoms with Crippen LogP contribution in [0.3, 0.4) is 0 Å². The normalized spacial score (nSPS) is 14.7. The Labute approximate surface area is 101 Å². The van der Waals surface area contributed by atoms with Crippen LogP contribution >= 0.6 is 0 Å². The van der Waals surface area contributed by atoms with Gasteiger partial charge in [0.05, 0.1) is 24.7 Å². The number of furan rings is 2. The third-order valence-electron chi connectivity index (χ3n) is 2.60. The average molecular weight is 234 g/mol. The van der Waals surface area contributed by atoms with Gasteiger partial charge in [-0.2, -0.15) is 0 Å². The molecule has 0 aromatic carbocycles. The molecule has 2 atom stereocenters. The molecule has 2 aromatic rings. The molecule has 2 unspecified atom stereocenters. The Morgan fingerprint density at radius 1 is 0.941 bits per heavy atom. The Balaban J connectivity index is 1.76. The largest absolute Gasteiger partial charge is 0.469 e. The molecule has 2 heterocycles. The fourth-order valence-corrected chi connectivity index (χ4v) is 1.92. The molecule has 0 aliphatic carbocycles. The Kier molecular flexibility index (Phi) is 4.04. The summed E-state index contributed by atoms with van der Waals surface area (Å²) in [5.41, 5.74) is 0. The standard InChI is InChI=1S/C14H18O3/c1-11(9-13-5-3-7-15-13)17-12(2)10-14-6-4-8-16-14/h3-8,11-12H,9-10H2,1-2H3. The minimum atomic E-state index is 0.145. The zero-order chi connectivity index (χ0) is 12.1. The van der Waals surface area contributed by atoms with Crippen molar-refractivity contribution < 1.29 is 13.6 Å². The van der Waals surface area contributed by atoms with Gasteiger partial charge in [0.1, 0.15) is 11.5 Å². The molecule has 0 spiro atoms. The van der Waals surface area contributed by atoms with Crippen LogP contribution in [0, 0.1) is 0 Å². The maximum absolute atomic E-state index is 5.88. The summed E-state index contributed by atoms with van der Waals surface area (Å²) in [6.07, 6.45) is 5.27.